The fourth-order valence-electron chi connectivity index (χ4n) is 4.26. The summed E-state index contributed by atoms with van der Waals surface area (Å²) in [5.74, 6) is 1.65. The summed E-state index contributed by atoms with van der Waals surface area (Å²) in [5.41, 5.74) is 3.06. The zero-order chi connectivity index (χ0) is 24.2. The van der Waals surface area contributed by atoms with Crippen molar-refractivity contribution >= 4 is 34.6 Å². The van der Waals surface area contributed by atoms with Gasteiger partial charge in [-0.3, -0.25) is 9.36 Å². The monoisotopic (exact) mass is 491 g/mol. The minimum Gasteiger partial charge on any atom is -0.459 e. The van der Waals surface area contributed by atoms with Crippen LogP contribution < -0.4 is 10.2 Å². The van der Waals surface area contributed by atoms with E-state index in [1.807, 2.05) is 49.4 Å². The van der Waals surface area contributed by atoms with Crippen molar-refractivity contribution in [3.05, 3.63) is 65.9 Å². The van der Waals surface area contributed by atoms with Gasteiger partial charge in [-0.1, -0.05) is 55.1 Å². The van der Waals surface area contributed by atoms with Crippen LogP contribution in [-0.4, -0.2) is 52.7 Å². The number of nitrogens with zero attached hydrogens (tertiary/aromatic N) is 4. The number of morpholine rings is 1. The summed E-state index contributed by atoms with van der Waals surface area (Å²) in [5, 5.41) is 13.8. The highest BCUT2D eigenvalue weighted by molar-refractivity contribution is 7.99. The van der Waals surface area contributed by atoms with Crippen LogP contribution in [0.3, 0.4) is 0 Å². The molecule has 1 aliphatic heterocycles. The van der Waals surface area contributed by atoms with Crippen LogP contribution in [0.1, 0.15) is 31.2 Å². The van der Waals surface area contributed by atoms with Crippen molar-refractivity contribution < 1.29 is 13.9 Å². The van der Waals surface area contributed by atoms with Gasteiger partial charge in [-0.25, -0.2) is 0 Å². The van der Waals surface area contributed by atoms with Crippen molar-refractivity contribution in [2.24, 2.45) is 0 Å². The normalized spacial score (nSPS) is 14.9. The molecule has 35 heavy (non-hydrogen) atoms. The first-order valence-electron chi connectivity index (χ1n) is 11.9. The molecule has 1 atom stereocenters. The van der Waals surface area contributed by atoms with Gasteiger partial charge in [-0.05, 0) is 37.1 Å². The Morgan fingerprint density at radius 1 is 1.11 bits per heavy atom. The molecule has 4 aromatic rings. The first-order valence-corrected chi connectivity index (χ1v) is 12.9. The van der Waals surface area contributed by atoms with Crippen molar-refractivity contribution in [2.45, 2.75) is 31.5 Å². The minimum absolute atomic E-state index is 0.0887. The highest BCUT2D eigenvalue weighted by atomic mass is 32.2. The fraction of sp³-hybridized carbons (Fsp3) is 0.346. The van der Waals surface area contributed by atoms with Gasteiger partial charge in [0.15, 0.2) is 5.16 Å². The zero-order valence-corrected chi connectivity index (χ0v) is 20.8. The van der Waals surface area contributed by atoms with Crippen LogP contribution in [0.2, 0.25) is 0 Å². The predicted octanol–water partition coefficient (Wildman–Crippen LogP) is 4.38. The molecule has 1 amide bonds. The van der Waals surface area contributed by atoms with Crippen molar-refractivity contribution in [1.82, 2.24) is 20.1 Å². The average Bonchev–Trinajstić information content (AvgIpc) is 3.52. The van der Waals surface area contributed by atoms with Crippen LogP contribution in [-0.2, 0) is 16.0 Å². The molecule has 0 bridgehead atoms. The number of benzene rings is 2. The highest BCUT2D eigenvalue weighted by Gasteiger charge is 2.24. The highest BCUT2D eigenvalue weighted by Crippen LogP contribution is 2.30. The SMILES string of the molecule is CCc1ccccc1-n1c(SCC(=O)N[C@@H](C)c2cc3ccccc3o2)nnc1N1CCOCC1. The van der Waals surface area contributed by atoms with Gasteiger partial charge in [0.2, 0.25) is 11.9 Å². The lowest BCUT2D eigenvalue weighted by atomic mass is 10.1. The van der Waals surface area contributed by atoms with Gasteiger partial charge in [0.25, 0.3) is 0 Å². The average molecular weight is 492 g/mol. The van der Waals surface area contributed by atoms with E-state index >= 15 is 0 Å². The van der Waals surface area contributed by atoms with E-state index in [9.17, 15) is 4.79 Å². The third kappa shape index (κ3) is 5.06. The molecular formula is C26H29N5O3S. The van der Waals surface area contributed by atoms with Gasteiger partial charge in [0, 0.05) is 18.5 Å². The Labute approximate surface area is 208 Å². The molecule has 9 heteroatoms. The number of aryl methyl sites for hydroxylation is 1. The second-order valence-corrected chi connectivity index (χ2v) is 9.41. The summed E-state index contributed by atoms with van der Waals surface area (Å²) < 4.78 is 13.5. The summed E-state index contributed by atoms with van der Waals surface area (Å²) in [4.78, 5) is 15.0. The number of nitrogens with one attached hydrogen (secondary N) is 1. The third-order valence-electron chi connectivity index (χ3n) is 6.10. The maximum absolute atomic E-state index is 12.8. The lowest BCUT2D eigenvalue weighted by molar-refractivity contribution is -0.119. The molecular weight excluding hydrogens is 462 g/mol. The number of rotatable bonds is 8. The van der Waals surface area contributed by atoms with Crippen molar-refractivity contribution in [3.63, 3.8) is 0 Å². The third-order valence-corrected chi connectivity index (χ3v) is 7.03. The second-order valence-electron chi connectivity index (χ2n) is 8.46. The molecule has 0 aliphatic carbocycles. The van der Waals surface area contributed by atoms with Gasteiger partial charge in [0.1, 0.15) is 11.3 Å². The van der Waals surface area contributed by atoms with Crippen LogP contribution in [0.15, 0.2) is 64.2 Å². The van der Waals surface area contributed by atoms with E-state index in [0.717, 1.165) is 47.9 Å². The largest absolute Gasteiger partial charge is 0.459 e. The number of carbonyl (C=O) groups is 1. The van der Waals surface area contributed by atoms with E-state index in [4.69, 9.17) is 9.15 Å². The number of ether oxygens (including phenoxy) is 1. The molecule has 3 heterocycles. The van der Waals surface area contributed by atoms with Crippen LogP contribution >= 0.6 is 11.8 Å². The standard InChI is InChI=1S/C26H29N5O3S/c1-3-19-8-4-6-10-21(19)31-25(30-12-14-33-15-13-30)28-29-26(31)35-17-24(32)27-18(2)23-16-20-9-5-7-11-22(20)34-23/h4-11,16,18H,3,12-15,17H2,1-2H3,(H,27,32)/t18-/m0/s1. The number of furan rings is 1. The topological polar surface area (TPSA) is 85.4 Å². The molecule has 5 rings (SSSR count). The molecule has 0 saturated carbocycles. The number of amides is 1. The van der Waals surface area contributed by atoms with E-state index < -0.39 is 0 Å². The Balaban J connectivity index is 1.33. The number of aromatic nitrogens is 3. The van der Waals surface area contributed by atoms with Crippen molar-refractivity contribution in [3.8, 4) is 5.69 Å². The lowest BCUT2D eigenvalue weighted by Gasteiger charge is -2.28. The van der Waals surface area contributed by atoms with E-state index in [2.05, 4.69) is 44.0 Å². The fourth-order valence-corrected chi connectivity index (χ4v) is 5.01. The number of carbonyl (C=O) groups excluding carboxylic acids is 1. The second kappa shape index (κ2) is 10.5. The maximum atomic E-state index is 12.8. The summed E-state index contributed by atoms with van der Waals surface area (Å²) in [6, 6.07) is 17.8. The number of hydrogen-bond donors (Lipinski definition) is 1. The Morgan fingerprint density at radius 2 is 1.89 bits per heavy atom. The molecule has 1 fully saturated rings. The molecule has 0 unspecified atom stereocenters. The number of anilines is 1. The smallest absolute Gasteiger partial charge is 0.232 e. The van der Waals surface area contributed by atoms with Crippen LogP contribution in [0.25, 0.3) is 16.7 Å². The summed E-state index contributed by atoms with van der Waals surface area (Å²) in [6.07, 6.45) is 0.885. The van der Waals surface area contributed by atoms with Gasteiger partial charge in [-0.15, -0.1) is 10.2 Å². The molecule has 1 N–H and O–H groups in total. The molecule has 2 aromatic heterocycles. The maximum Gasteiger partial charge on any atom is 0.232 e. The Kier molecular flexibility index (Phi) is 7.06. The van der Waals surface area contributed by atoms with Crippen molar-refractivity contribution in [2.75, 3.05) is 37.0 Å². The summed E-state index contributed by atoms with van der Waals surface area (Å²) in [7, 11) is 0. The molecule has 1 saturated heterocycles. The van der Waals surface area contributed by atoms with Crippen LogP contribution in [0, 0.1) is 0 Å². The molecule has 0 radical (unpaired) electrons. The molecule has 2 aromatic carbocycles. The first kappa shape index (κ1) is 23.4. The van der Waals surface area contributed by atoms with Crippen LogP contribution in [0.5, 0.6) is 0 Å². The van der Waals surface area contributed by atoms with Gasteiger partial charge >= 0.3 is 0 Å². The van der Waals surface area contributed by atoms with E-state index in [0.29, 0.717) is 18.4 Å². The molecule has 8 nitrogen and oxygen atoms in total. The summed E-state index contributed by atoms with van der Waals surface area (Å²) in [6.45, 7) is 6.90. The Hall–Kier alpha value is -3.30. The number of fused-ring (bicyclic) bond motifs is 1. The van der Waals surface area contributed by atoms with Gasteiger partial charge in [0.05, 0.1) is 30.7 Å². The van der Waals surface area contributed by atoms with E-state index in [-0.39, 0.29) is 17.7 Å². The molecule has 1 aliphatic rings. The quantitative estimate of drug-likeness (QED) is 0.366. The minimum atomic E-state index is -0.238. The predicted molar refractivity (Wildman–Crippen MR) is 137 cm³/mol. The Morgan fingerprint density at radius 3 is 2.69 bits per heavy atom. The van der Waals surface area contributed by atoms with E-state index in [1.54, 1.807) is 0 Å². The van der Waals surface area contributed by atoms with Crippen LogP contribution in [0.4, 0.5) is 5.95 Å². The number of thioether (sulfide) groups is 1. The number of para-hydroxylation sites is 2. The summed E-state index contributed by atoms with van der Waals surface area (Å²) >= 11 is 1.38. The van der Waals surface area contributed by atoms with Crippen molar-refractivity contribution in [1.29, 1.82) is 0 Å². The van der Waals surface area contributed by atoms with Gasteiger partial charge < -0.3 is 19.4 Å². The molecule has 0 spiro atoms. The van der Waals surface area contributed by atoms with Gasteiger partial charge in [-0.2, -0.15) is 0 Å². The number of hydrogen-bond acceptors (Lipinski definition) is 7. The first-order chi connectivity index (χ1) is 17.1. The van der Waals surface area contributed by atoms with E-state index in [1.165, 1.54) is 17.3 Å². The molecule has 182 valence electrons. The lowest BCUT2D eigenvalue weighted by Crippen LogP contribution is -2.38. The Bertz CT molecular complexity index is 1280. The zero-order valence-electron chi connectivity index (χ0n) is 19.9.